The number of imidazole rings is 1. The van der Waals surface area contributed by atoms with Crippen molar-refractivity contribution >= 4 is 28.4 Å². The molecule has 0 saturated heterocycles. The first-order valence-corrected chi connectivity index (χ1v) is 10.8. The van der Waals surface area contributed by atoms with Gasteiger partial charge in [0.1, 0.15) is 11.8 Å². The second-order valence-corrected chi connectivity index (χ2v) is 9.11. The minimum absolute atomic E-state index is 0.0558. The van der Waals surface area contributed by atoms with Crippen LogP contribution in [-0.4, -0.2) is 39.9 Å². The lowest BCUT2D eigenvalue weighted by Gasteiger charge is -2.51. The van der Waals surface area contributed by atoms with Gasteiger partial charge < -0.3 is 5.32 Å². The summed E-state index contributed by atoms with van der Waals surface area (Å²) in [5.74, 6) is -1.41. The Balaban J connectivity index is 1.41. The molecule has 172 valence electrons. The molecule has 2 bridgehead atoms. The number of anilines is 2. The van der Waals surface area contributed by atoms with Gasteiger partial charge in [-0.05, 0) is 49.7 Å². The minimum Gasteiger partial charge on any atom is -0.323 e. The van der Waals surface area contributed by atoms with Gasteiger partial charge in [-0.15, -0.1) is 0 Å². The van der Waals surface area contributed by atoms with E-state index in [9.17, 15) is 18.0 Å². The van der Waals surface area contributed by atoms with Crippen LogP contribution >= 0.6 is 0 Å². The van der Waals surface area contributed by atoms with E-state index < -0.39 is 18.1 Å². The van der Waals surface area contributed by atoms with Crippen LogP contribution in [0.25, 0.3) is 16.8 Å². The van der Waals surface area contributed by atoms with Crippen LogP contribution in [0.4, 0.5) is 24.8 Å². The Morgan fingerprint density at radius 1 is 1.15 bits per heavy atom. The van der Waals surface area contributed by atoms with Crippen LogP contribution in [0, 0.1) is 24.7 Å². The molecule has 12 heteroatoms. The average Bonchev–Trinajstić information content (AvgIpc) is 3.28. The third kappa shape index (κ3) is 3.03. The maximum Gasteiger partial charge on any atom is 0.392 e. The third-order valence-corrected chi connectivity index (χ3v) is 7.27. The van der Waals surface area contributed by atoms with Gasteiger partial charge in [-0.1, -0.05) is 0 Å². The number of aromatic nitrogens is 7. The molecule has 9 nitrogen and oxygen atoms in total. The van der Waals surface area contributed by atoms with Gasteiger partial charge in [-0.25, -0.2) is 19.3 Å². The molecule has 4 aromatic heterocycles. The zero-order chi connectivity index (χ0) is 23.1. The second-order valence-electron chi connectivity index (χ2n) is 9.11. The molecule has 7 rings (SSSR count). The highest BCUT2D eigenvalue weighted by molar-refractivity contribution is 5.73. The summed E-state index contributed by atoms with van der Waals surface area (Å²) < 4.78 is 45.3. The molecule has 0 aliphatic heterocycles. The third-order valence-electron chi connectivity index (χ3n) is 7.27. The van der Waals surface area contributed by atoms with Crippen LogP contribution in [0.15, 0.2) is 29.6 Å². The molecule has 4 heterocycles. The van der Waals surface area contributed by atoms with Gasteiger partial charge in [0.15, 0.2) is 11.3 Å². The lowest BCUT2D eigenvalue weighted by molar-refractivity contribution is -0.223. The van der Waals surface area contributed by atoms with E-state index in [1.54, 1.807) is 17.8 Å². The molecule has 0 amide bonds. The van der Waals surface area contributed by atoms with Gasteiger partial charge in [-0.2, -0.15) is 23.3 Å². The van der Waals surface area contributed by atoms with Gasteiger partial charge >= 0.3 is 11.9 Å². The molecule has 3 aliphatic carbocycles. The number of alkyl halides is 3. The zero-order valence-electron chi connectivity index (χ0n) is 17.9. The summed E-state index contributed by atoms with van der Waals surface area (Å²) in [4.78, 5) is 26.1. The number of nitrogens with one attached hydrogen (secondary N) is 1. The highest BCUT2D eigenvalue weighted by Crippen LogP contribution is 2.58. The van der Waals surface area contributed by atoms with Crippen molar-refractivity contribution in [3.05, 3.63) is 40.8 Å². The second kappa shape index (κ2) is 6.78. The molecule has 0 spiro atoms. The fraction of sp³-hybridized carbons (Fsp3) is 0.476. The van der Waals surface area contributed by atoms with Crippen LogP contribution in [-0.2, 0) is 7.05 Å². The topological polar surface area (TPSA) is 94.9 Å². The average molecular weight is 458 g/mol. The van der Waals surface area contributed by atoms with E-state index in [0.717, 1.165) is 5.56 Å². The van der Waals surface area contributed by atoms with Gasteiger partial charge in [-0.3, -0.25) is 9.13 Å². The Labute approximate surface area is 185 Å². The Hall–Kier alpha value is -3.44. The minimum atomic E-state index is -4.26. The summed E-state index contributed by atoms with van der Waals surface area (Å²) in [7, 11) is 1.59. The van der Waals surface area contributed by atoms with Crippen molar-refractivity contribution in [3.8, 4) is 0 Å². The van der Waals surface area contributed by atoms with Gasteiger partial charge in [0.25, 0.3) is 0 Å². The molecule has 33 heavy (non-hydrogen) atoms. The summed E-state index contributed by atoms with van der Waals surface area (Å²) >= 11 is 0. The Kier molecular flexibility index (Phi) is 4.15. The van der Waals surface area contributed by atoms with Crippen LogP contribution in [0.3, 0.4) is 0 Å². The van der Waals surface area contributed by atoms with Crippen LogP contribution in [0.2, 0.25) is 0 Å². The summed E-state index contributed by atoms with van der Waals surface area (Å²) in [6.07, 6.45) is 1.37. The number of hydrogen-bond donors (Lipinski definition) is 1. The Morgan fingerprint density at radius 2 is 1.94 bits per heavy atom. The molecule has 1 N–H and O–H groups in total. The van der Waals surface area contributed by atoms with Crippen molar-refractivity contribution in [3.63, 3.8) is 0 Å². The smallest absolute Gasteiger partial charge is 0.323 e. The quantitative estimate of drug-likeness (QED) is 0.506. The summed E-state index contributed by atoms with van der Waals surface area (Å²) in [6.45, 7) is 1.90. The molecular formula is C21H21F3N8O. The monoisotopic (exact) mass is 458 g/mol. The molecule has 3 saturated carbocycles. The molecule has 0 radical (unpaired) electrons. The summed E-state index contributed by atoms with van der Waals surface area (Å²) in [5.41, 5.74) is 2.75. The molecule has 4 aromatic rings. The van der Waals surface area contributed by atoms with E-state index in [2.05, 4.69) is 25.4 Å². The predicted octanol–water partition coefficient (Wildman–Crippen LogP) is 3.37. The number of nitrogens with zero attached hydrogens (tertiary/aromatic N) is 7. The van der Waals surface area contributed by atoms with E-state index in [1.807, 2.05) is 13.0 Å². The van der Waals surface area contributed by atoms with E-state index in [-0.39, 0.29) is 29.9 Å². The highest BCUT2D eigenvalue weighted by atomic mass is 19.4. The number of fused-ring (bicyclic) bond motifs is 4. The first-order chi connectivity index (χ1) is 15.7. The first kappa shape index (κ1) is 20.2. The molecule has 3 aliphatic rings. The lowest BCUT2D eigenvalue weighted by Crippen LogP contribution is -2.50. The summed E-state index contributed by atoms with van der Waals surface area (Å²) in [6, 6.07) is 1.33. The summed E-state index contributed by atoms with van der Waals surface area (Å²) in [5, 5.41) is 7.27. The number of pyridine rings is 1. The highest BCUT2D eigenvalue weighted by Gasteiger charge is 2.56. The van der Waals surface area contributed by atoms with Crippen LogP contribution in [0.1, 0.15) is 30.9 Å². The fourth-order valence-electron chi connectivity index (χ4n) is 5.42. The predicted molar refractivity (Wildman–Crippen MR) is 113 cm³/mol. The largest absolute Gasteiger partial charge is 0.392 e. The number of aryl methyl sites for hydroxylation is 2. The van der Waals surface area contributed by atoms with Crippen molar-refractivity contribution in [2.24, 2.45) is 24.8 Å². The lowest BCUT2D eigenvalue weighted by atomic mass is 9.57. The molecule has 3 fully saturated rings. The molecule has 2 unspecified atom stereocenters. The van der Waals surface area contributed by atoms with E-state index in [0.29, 0.717) is 35.3 Å². The Bertz CT molecular complexity index is 1450. The van der Waals surface area contributed by atoms with Gasteiger partial charge in [0.05, 0.1) is 24.0 Å². The van der Waals surface area contributed by atoms with Crippen molar-refractivity contribution in [1.82, 2.24) is 33.7 Å². The normalized spacial score (nSPS) is 24.9. The van der Waals surface area contributed by atoms with Crippen LogP contribution in [0.5, 0.6) is 0 Å². The maximum atomic E-state index is 13.6. The SMILES string of the molecule is Cc1cc2ncnn2cc1Nc1ncc2c(n1)n(C1CC(C(F)(F)F)C3CC1C3)c(=O)n2C. The van der Waals surface area contributed by atoms with Crippen molar-refractivity contribution in [2.75, 3.05) is 5.32 Å². The van der Waals surface area contributed by atoms with Crippen LogP contribution < -0.4 is 11.0 Å². The molecular weight excluding hydrogens is 437 g/mol. The van der Waals surface area contributed by atoms with E-state index in [4.69, 9.17) is 0 Å². The fourth-order valence-corrected chi connectivity index (χ4v) is 5.42. The van der Waals surface area contributed by atoms with E-state index in [1.165, 1.54) is 21.7 Å². The van der Waals surface area contributed by atoms with Crippen molar-refractivity contribution in [1.29, 1.82) is 0 Å². The standard InChI is InChI=1S/C21H21F3N8O/c1-10-3-17-26-9-27-31(17)8-14(10)28-19-25-7-16-18(29-19)32(20(33)30(16)2)15-6-13(21(22,23)24)11-4-12(15)5-11/h3,7-9,11-13,15H,4-6H2,1-2H3,(H,25,28,29). The molecule has 0 aromatic carbocycles. The van der Waals surface area contributed by atoms with Crippen molar-refractivity contribution in [2.45, 2.75) is 38.4 Å². The zero-order valence-corrected chi connectivity index (χ0v) is 17.9. The van der Waals surface area contributed by atoms with E-state index >= 15 is 0 Å². The number of rotatable bonds is 3. The van der Waals surface area contributed by atoms with Gasteiger partial charge in [0, 0.05) is 13.1 Å². The number of halogens is 3. The van der Waals surface area contributed by atoms with Crippen molar-refractivity contribution < 1.29 is 13.2 Å². The maximum absolute atomic E-state index is 13.6. The Morgan fingerprint density at radius 3 is 2.70 bits per heavy atom. The molecule has 2 atom stereocenters. The first-order valence-electron chi connectivity index (χ1n) is 10.8. The van der Waals surface area contributed by atoms with Gasteiger partial charge in [0.2, 0.25) is 5.95 Å². The number of hydrogen-bond acceptors (Lipinski definition) is 6.